The molecular formula is C16H31BrN4. The highest BCUT2D eigenvalue weighted by Gasteiger charge is 2.19. The van der Waals surface area contributed by atoms with Crippen molar-refractivity contribution in [3.8, 4) is 0 Å². The maximum absolute atomic E-state index is 4.11. The van der Waals surface area contributed by atoms with E-state index in [-0.39, 0.29) is 0 Å². The average molecular weight is 359 g/mol. The molecule has 0 bridgehead atoms. The second-order valence-corrected chi connectivity index (χ2v) is 6.56. The fraction of sp³-hybridized carbons (Fsp3) is 0.875. The fourth-order valence-electron chi connectivity index (χ4n) is 2.67. The van der Waals surface area contributed by atoms with Crippen LogP contribution in [0.15, 0.2) is 4.60 Å². The van der Waals surface area contributed by atoms with Gasteiger partial charge >= 0.3 is 0 Å². The molecule has 1 unspecified atom stereocenters. The largest absolute Gasteiger partial charge is 0.309 e. The predicted molar refractivity (Wildman–Crippen MR) is 92.3 cm³/mol. The zero-order valence-electron chi connectivity index (χ0n) is 13.9. The van der Waals surface area contributed by atoms with Gasteiger partial charge in [-0.05, 0) is 35.3 Å². The van der Waals surface area contributed by atoms with Gasteiger partial charge in [0.15, 0.2) is 4.60 Å². The molecule has 0 aliphatic heterocycles. The predicted octanol–water partition coefficient (Wildman–Crippen LogP) is 4.76. The van der Waals surface area contributed by atoms with Crippen LogP contribution in [0.25, 0.3) is 0 Å². The Bertz CT molecular complexity index is 359. The fourth-order valence-corrected chi connectivity index (χ4v) is 3.27. The van der Waals surface area contributed by atoms with Crippen molar-refractivity contribution in [2.45, 2.75) is 77.7 Å². The van der Waals surface area contributed by atoms with E-state index in [1.165, 1.54) is 50.6 Å². The molecule has 21 heavy (non-hydrogen) atoms. The third-order valence-electron chi connectivity index (χ3n) is 3.89. The van der Waals surface area contributed by atoms with E-state index >= 15 is 0 Å². The maximum atomic E-state index is 4.11. The van der Waals surface area contributed by atoms with Gasteiger partial charge in [0, 0.05) is 7.05 Å². The number of rotatable bonds is 12. The lowest BCUT2D eigenvalue weighted by Crippen LogP contribution is -2.24. The number of unbranched alkanes of at least 4 members (excludes halogenated alkanes) is 6. The molecule has 0 saturated carbocycles. The highest BCUT2D eigenvalue weighted by molar-refractivity contribution is 9.10. The zero-order chi connectivity index (χ0) is 15.5. The van der Waals surface area contributed by atoms with Crippen LogP contribution >= 0.6 is 15.9 Å². The van der Waals surface area contributed by atoms with E-state index < -0.39 is 0 Å². The molecule has 0 spiro atoms. The Balaban J connectivity index is 2.37. The third-order valence-corrected chi connectivity index (χ3v) is 4.46. The van der Waals surface area contributed by atoms with E-state index in [1.54, 1.807) is 0 Å². The van der Waals surface area contributed by atoms with Gasteiger partial charge in [-0.25, -0.2) is 4.68 Å². The van der Waals surface area contributed by atoms with Crippen molar-refractivity contribution in [1.29, 1.82) is 0 Å². The number of aryl methyl sites for hydroxylation is 1. The Kier molecular flexibility index (Phi) is 9.92. The molecule has 0 aliphatic rings. The number of aromatic nitrogens is 3. The van der Waals surface area contributed by atoms with Gasteiger partial charge in [-0.2, -0.15) is 0 Å². The van der Waals surface area contributed by atoms with Crippen LogP contribution in [0.1, 0.15) is 83.4 Å². The third kappa shape index (κ3) is 6.92. The van der Waals surface area contributed by atoms with Crippen LogP contribution in [0.5, 0.6) is 0 Å². The molecule has 0 saturated heterocycles. The second-order valence-electron chi connectivity index (χ2n) is 5.81. The molecule has 1 rings (SSSR count). The lowest BCUT2D eigenvalue weighted by molar-refractivity contribution is 0.441. The lowest BCUT2D eigenvalue weighted by atomic mass is 10.0. The first-order valence-electron chi connectivity index (χ1n) is 8.49. The van der Waals surface area contributed by atoms with Crippen molar-refractivity contribution in [2.24, 2.45) is 7.05 Å². The first kappa shape index (κ1) is 18.6. The summed E-state index contributed by atoms with van der Waals surface area (Å²) in [6.07, 6.45) is 11.8. The topological polar surface area (TPSA) is 42.7 Å². The summed E-state index contributed by atoms with van der Waals surface area (Å²) in [5, 5.41) is 11.8. The molecule has 5 heteroatoms. The summed E-state index contributed by atoms with van der Waals surface area (Å²) < 4.78 is 2.76. The molecule has 1 aromatic rings. The van der Waals surface area contributed by atoms with Crippen molar-refractivity contribution in [3.63, 3.8) is 0 Å². The minimum absolute atomic E-state index is 0.356. The van der Waals surface area contributed by atoms with Crippen molar-refractivity contribution in [1.82, 2.24) is 20.3 Å². The van der Waals surface area contributed by atoms with Crippen LogP contribution in [0.2, 0.25) is 0 Å². The summed E-state index contributed by atoms with van der Waals surface area (Å²) >= 11 is 3.53. The first-order chi connectivity index (χ1) is 10.2. The minimum Gasteiger partial charge on any atom is -0.309 e. The summed E-state index contributed by atoms with van der Waals surface area (Å²) in [4.78, 5) is 0. The summed E-state index contributed by atoms with van der Waals surface area (Å²) in [7, 11) is 1.97. The van der Waals surface area contributed by atoms with Crippen LogP contribution in [0.3, 0.4) is 0 Å². The highest BCUT2D eigenvalue weighted by Crippen LogP contribution is 2.25. The number of nitrogens with one attached hydrogen (secondary N) is 1. The van der Waals surface area contributed by atoms with Gasteiger partial charge in [0.1, 0.15) is 0 Å². The summed E-state index contributed by atoms with van der Waals surface area (Å²) in [6.45, 7) is 5.51. The van der Waals surface area contributed by atoms with Crippen molar-refractivity contribution in [3.05, 3.63) is 10.3 Å². The van der Waals surface area contributed by atoms with Gasteiger partial charge in [-0.3, -0.25) is 0 Å². The molecule has 0 amide bonds. The van der Waals surface area contributed by atoms with E-state index in [0.717, 1.165) is 24.0 Å². The highest BCUT2D eigenvalue weighted by atomic mass is 79.9. The molecule has 0 fully saturated rings. The Morgan fingerprint density at radius 2 is 1.71 bits per heavy atom. The molecule has 1 atom stereocenters. The molecule has 1 aromatic heterocycles. The van der Waals surface area contributed by atoms with Crippen molar-refractivity contribution < 1.29 is 0 Å². The van der Waals surface area contributed by atoms with Gasteiger partial charge in [0.05, 0.1) is 11.7 Å². The van der Waals surface area contributed by atoms with Gasteiger partial charge in [-0.1, -0.05) is 64.0 Å². The van der Waals surface area contributed by atoms with Crippen LogP contribution in [-0.4, -0.2) is 21.5 Å². The van der Waals surface area contributed by atoms with Gasteiger partial charge in [0.2, 0.25) is 0 Å². The summed E-state index contributed by atoms with van der Waals surface area (Å²) in [5.41, 5.74) is 1.18. The van der Waals surface area contributed by atoms with Gasteiger partial charge in [-0.15, -0.1) is 5.10 Å². The smallest absolute Gasteiger partial charge is 0.153 e. The normalized spacial score (nSPS) is 12.8. The van der Waals surface area contributed by atoms with E-state index in [9.17, 15) is 0 Å². The standard InChI is InChI=1S/C16H31BrN4/c1-4-6-7-8-9-10-11-12-14(18-13-5-2)15-16(17)19-20-21(15)3/h14,18H,4-13H2,1-3H3. The van der Waals surface area contributed by atoms with Crippen LogP contribution in [-0.2, 0) is 7.05 Å². The molecule has 0 aliphatic carbocycles. The van der Waals surface area contributed by atoms with Gasteiger partial charge in [0.25, 0.3) is 0 Å². The maximum Gasteiger partial charge on any atom is 0.153 e. The number of nitrogens with zero attached hydrogens (tertiary/aromatic N) is 3. The summed E-state index contributed by atoms with van der Waals surface area (Å²) in [6, 6.07) is 0.356. The second kappa shape index (κ2) is 11.2. The number of hydrogen-bond acceptors (Lipinski definition) is 3. The van der Waals surface area contributed by atoms with E-state index in [0.29, 0.717) is 6.04 Å². The average Bonchev–Trinajstić information content (AvgIpc) is 2.81. The Morgan fingerprint density at radius 3 is 2.29 bits per heavy atom. The summed E-state index contributed by atoms with van der Waals surface area (Å²) in [5.74, 6) is 0. The SMILES string of the molecule is CCCCCCCCCC(NCCC)c1c(Br)nnn1C. The first-order valence-corrected chi connectivity index (χ1v) is 9.28. The number of halogens is 1. The molecule has 122 valence electrons. The van der Waals surface area contributed by atoms with E-state index in [4.69, 9.17) is 0 Å². The van der Waals surface area contributed by atoms with Crippen molar-refractivity contribution in [2.75, 3.05) is 6.54 Å². The molecule has 0 radical (unpaired) electrons. The number of hydrogen-bond donors (Lipinski definition) is 1. The van der Waals surface area contributed by atoms with Crippen molar-refractivity contribution >= 4 is 15.9 Å². The van der Waals surface area contributed by atoms with E-state index in [1.807, 2.05) is 11.7 Å². The molecule has 4 nitrogen and oxygen atoms in total. The molecular weight excluding hydrogens is 328 g/mol. The monoisotopic (exact) mass is 358 g/mol. The van der Waals surface area contributed by atoms with E-state index in [2.05, 4.69) is 45.4 Å². The quantitative estimate of drug-likeness (QED) is 0.547. The van der Waals surface area contributed by atoms with Crippen LogP contribution in [0.4, 0.5) is 0 Å². The Labute approximate surface area is 138 Å². The Hall–Kier alpha value is -0.420. The van der Waals surface area contributed by atoms with Gasteiger partial charge < -0.3 is 5.32 Å². The molecule has 1 N–H and O–H groups in total. The molecule has 0 aromatic carbocycles. The minimum atomic E-state index is 0.356. The zero-order valence-corrected chi connectivity index (χ0v) is 15.5. The lowest BCUT2D eigenvalue weighted by Gasteiger charge is -2.18. The molecule has 1 heterocycles. The van der Waals surface area contributed by atoms with Crippen LogP contribution in [0, 0.1) is 0 Å². The Morgan fingerprint density at radius 1 is 1.05 bits per heavy atom. The van der Waals surface area contributed by atoms with Crippen LogP contribution < -0.4 is 5.32 Å².